The SMILES string of the molecule is CN(C)c1ccc(C(=O)C=NO)cc1. The summed E-state index contributed by atoms with van der Waals surface area (Å²) >= 11 is 0. The summed E-state index contributed by atoms with van der Waals surface area (Å²) in [6, 6.07) is 7.05. The molecule has 0 heterocycles. The van der Waals surface area contributed by atoms with Crippen LogP contribution in [0.5, 0.6) is 0 Å². The van der Waals surface area contributed by atoms with Gasteiger partial charge in [-0.15, -0.1) is 0 Å². The first kappa shape index (κ1) is 10.2. The molecule has 1 rings (SSSR count). The molecule has 0 aliphatic carbocycles. The Morgan fingerprint density at radius 1 is 1.36 bits per heavy atom. The lowest BCUT2D eigenvalue weighted by Gasteiger charge is -2.11. The smallest absolute Gasteiger partial charge is 0.207 e. The van der Waals surface area contributed by atoms with Crippen molar-refractivity contribution in [1.29, 1.82) is 0 Å². The molecule has 1 aromatic rings. The summed E-state index contributed by atoms with van der Waals surface area (Å²) in [5, 5.41) is 10.9. The minimum atomic E-state index is -0.308. The van der Waals surface area contributed by atoms with Gasteiger partial charge >= 0.3 is 0 Å². The topological polar surface area (TPSA) is 52.9 Å². The molecule has 0 radical (unpaired) electrons. The highest BCUT2D eigenvalue weighted by molar-refractivity contribution is 6.35. The zero-order chi connectivity index (χ0) is 10.6. The van der Waals surface area contributed by atoms with Gasteiger partial charge in [-0.25, -0.2) is 0 Å². The molecule has 0 unspecified atom stereocenters. The van der Waals surface area contributed by atoms with Gasteiger partial charge in [0, 0.05) is 25.3 Å². The van der Waals surface area contributed by atoms with Crippen molar-refractivity contribution in [2.45, 2.75) is 0 Å². The number of hydrogen-bond acceptors (Lipinski definition) is 4. The van der Waals surface area contributed by atoms with Crippen LogP contribution >= 0.6 is 0 Å². The van der Waals surface area contributed by atoms with Gasteiger partial charge in [0.15, 0.2) is 0 Å². The largest absolute Gasteiger partial charge is 0.411 e. The summed E-state index contributed by atoms with van der Waals surface area (Å²) in [7, 11) is 3.85. The van der Waals surface area contributed by atoms with Gasteiger partial charge in [0.25, 0.3) is 0 Å². The lowest BCUT2D eigenvalue weighted by atomic mass is 10.1. The molecule has 0 fully saturated rings. The summed E-state index contributed by atoms with van der Waals surface area (Å²) in [5.41, 5.74) is 1.52. The minimum Gasteiger partial charge on any atom is -0.411 e. The van der Waals surface area contributed by atoms with E-state index in [-0.39, 0.29) is 5.78 Å². The fraction of sp³-hybridized carbons (Fsp3) is 0.200. The predicted octanol–water partition coefficient (Wildman–Crippen LogP) is 1.40. The minimum absolute atomic E-state index is 0.308. The Morgan fingerprint density at radius 2 is 1.93 bits per heavy atom. The molecule has 0 bridgehead atoms. The van der Waals surface area contributed by atoms with Gasteiger partial charge in [0.05, 0.1) is 0 Å². The van der Waals surface area contributed by atoms with E-state index < -0.39 is 0 Å². The van der Waals surface area contributed by atoms with E-state index in [2.05, 4.69) is 5.16 Å². The third-order valence-corrected chi connectivity index (χ3v) is 1.84. The standard InChI is InChI=1S/C10H12N2O2/c1-12(2)9-5-3-8(4-6-9)10(13)7-11-14/h3-7,14H,1-2H3. The molecule has 1 N–H and O–H groups in total. The number of hydrogen-bond donors (Lipinski definition) is 1. The third-order valence-electron chi connectivity index (χ3n) is 1.84. The normalized spacial score (nSPS) is 10.4. The van der Waals surface area contributed by atoms with Crippen molar-refractivity contribution in [2.24, 2.45) is 5.16 Å². The zero-order valence-electron chi connectivity index (χ0n) is 8.14. The van der Waals surface area contributed by atoms with Gasteiger partial charge < -0.3 is 10.1 Å². The Balaban J connectivity index is 2.88. The molecule has 1 aromatic carbocycles. The summed E-state index contributed by atoms with van der Waals surface area (Å²) < 4.78 is 0. The molecule has 0 aromatic heterocycles. The predicted molar refractivity (Wildman–Crippen MR) is 55.4 cm³/mol. The highest BCUT2D eigenvalue weighted by Gasteiger charge is 2.02. The summed E-state index contributed by atoms with van der Waals surface area (Å²) in [6.45, 7) is 0. The van der Waals surface area contributed by atoms with Crippen molar-refractivity contribution in [1.82, 2.24) is 0 Å². The van der Waals surface area contributed by atoms with E-state index in [1.165, 1.54) is 0 Å². The highest BCUT2D eigenvalue weighted by Crippen LogP contribution is 2.11. The number of ketones is 1. The number of benzene rings is 1. The second-order valence-corrected chi connectivity index (χ2v) is 3.05. The van der Waals surface area contributed by atoms with Gasteiger partial charge in [-0.05, 0) is 24.3 Å². The number of oxime groups is 1. The molecular weight excluding hydrogens is 180 g/mol. The molecule has 0 atom stereocenters. The van der Waals surface area contributed by atoms with Crippen LogP contribution in [0, 0.1) is 0 Å². The Labute approximate surface area is 82.5 Å². The summed E-state index contributed by atoms with van der Waals surface area (Å²) in [6.07, 6.45) is 0.880. The first-order chi connectivity index (χ1) is 6.65. The lowest BCUT2D eigenvalue weighted by molar-refractivity contribution is 0.106. The second kappa shape index (κ2) is 4.41. The van der Waals surface area contributed by atoms with Gasteiger partial charge in [0.1, 0.15) is 6.21 Å². The monoisotopic (exact) mass is 192 g/mol. The molecule has 74 valence electrons. The van der Waals surface area contributed by atoms with Gasteiger partial charge in [0.2, 0.25) is 5.78 Å². The van der Waals surface area contributed by atoms with Crippen LogP contribution in [0.25, 0.3) is 0 Å². The van der Waals surface area contributed by atoms with Crippen molar-refractivity contribution in [3.63, 3.8) is 0 Å². The van der Waals surface area contributed by atoms with Crippen LogP contribution in [0.3, 0.4) is 0 Å². The first-order valence-electron chi connectivity index (χ1n) is 4.14. The Kier molecular flexibility index (Phi) is 3.23. The molecule has 4 nitrogen and oxygen atoms in total. The molecule has 0 aliphatic rings. The van der Waals surface area contributed by atoms with Crippen molar-refractivity contribution < 1.29 is 10.0 Å². The van der Waals surface area contributed by atoms with Crippen LogP contribution in [-0.4, -0.2) is 31.3 Å². The maximum absolute atomic E-state index is 11.2. The van der Waals surface area contributed by atoms with Crippen LogP contribution in [0.15, 0.2) is 29.4 Å². The van der Waals surface area contributed by atoms with Crippen molar-refractivity contribution >= 4 is 17.7 Å². The molecule has 14 heavy (non-hydrogen) atoms. The molecule has 0 aliphatic heterocycles. The van der Waals surface area contributed by atoms with Crippen molar-refractivity contribution in [3.05, 3.63) is 29.8 Å². The quantitative estimate of drug-likeness (QED) is 0.341. The van der Waals surface area contributed by atoms with E-state index in [0.29, 0.717) is 5.56 Å². The van der Waals surface area contributed by atoms with E-state index in [1.807, 2.05) is 31.1 Å². The number of anilines is 1. The van der Waals surface area contributed by atoms with Crippen LogP contribution in [0.2, 0.25) is 0 Å². The van der Waals surface area contributed by atoms with Crippen molar-refractivity contribution in [2.75, 3.05) is 19.0 Å². The average Bonchev–Trinajstić information content (AvgIpc) is 2.18. The molecule has 0 spiro atoms. The highest BCUT2D eigenvalue weighted by atomic mass is 16.4. The maximum atomic E-state index is 11.2. The van der Waals surface area contributed by atoms with Crippen LogP contribution in [0.1, 0.15) is 10.4 Å². The van der Waals surface area contributed by atoms with Crippen LogP contribution in [-0.2, 0) is 0 Å². The summed E-state index contributed by atoms with van der Waals surface area (Å²) in [5.74, 6) is -0.308. The summed E-state index contributed by atoms with van der Waals surface area (Å²) in [4.78, 5) is 13.1. The number of nitrogens with zero attached hydrogens (tertiary/aromatic N) is 2. The zero-order valence-corrected chi connectivity index (χ0v) is 8.14. The third kappa shape index (κ3) is 2.32. The second-order valence-electron chi connectivity index (χ2n) is 3.05. The number of carbonyl (C=O) groups is 1. The van der Waals surface area contributed by atoms with E-state index in [9.17, 15) is 4.79 Å². The fourth-order valence-electron chi connectivity index (χ4n) is 1.05. The average molecular weight is 192 g/mol. The number of carbonyl (C=O) groups excluding carboxylic acids is 1. The van der Waals surface area contributed by atoms with Crippen LogP contribution in [0.4, 0.5) is 5.69 Å². The first-order valence-corrected chi connectivity index (χ1v) is 4.14. The van der Waals surface area contributed by atoms with Gasteiger partial charge in [-0.2, -0.15) is 0 Å². The fourth-order valence-corrected chi connectivity index (χ4v) is 1.05. The van der Waals surface area contributed by atoms with E-state index in [1.54, 1.807) is 12.1 Å². The Bertz CT molecular complexity index is 342. The van der Waals surface area contributed by atoms with Gasteiger partial charge in [-0.1, -0.05) is 5.16 Å². The van der Waals surface area contributed by atoms with E-state index >= 15 is 0 Å². The Morgan fingerprint density at radius 3 is 2.36 bits per heavy atom. The molecular formula is C10H12N2O2. The van der Waals surface area contributed by atoms with Gasteiger partial charge in [-0.3, -0.25) is 4.79 Å². The van der Waals surface area contributed by atoms with Crippen molar-refractivity contribution in [3.8, 4) is 0 Å². The van der Waals surface area contributed by atoms with Crippen LogP contribution < -0.4 is 4.90 Å². The van der Waals surface area contributed by atoms with E-state index in [0.717, 1.165) is 11.9 Å². The number of Topliss-reactive ketones (excluding diaryl/α,β-unsaturated/α-hetero) is 1. The molecule has 4 heteroatoms. The molecule has 0 amide bonds. The Hall–Kier alpha value is -1.84. The van der Waals surface area contributed by atoms with E-state index in [4.69, 9.17) is 5.21 Å². The lowest BCUT2D eigenvalue weighted by Crippen LogP contribution is -2.09. The maximum Gasteiger partial charge on any atom is 0.207 e. The number of rotatable bonds is 3. The molecule has 0 saturated heterocycles. The molecule has 0 saturated carbocycles.